The minimum Gasteiger partial charge on any atom is -0.351 e. The predicted molar refractivity (Wildman–Crippen MR) is 71.1 cm³/mol. The Hall–Kier alpha value is -1.20. The van der Waals surface area contributed by atoms with E-state index in [4.69, 9.17) is 0 Å². The van der Waals surface area contributed by atoms with Crippen LogP contribution in [-0.4, -0.2) is 18.5 Å². The first kappa shape index (κ1) is 15.9. The van der Waals surface area contributed by atoms with Gasteiger partial charge in [-0.2, -0.15) is 0 Å². The zero-order valence-corrected chi connectivity index (χ0v) is 11.2. The first-order valence-electron chi connectivity index (χ1n) is 6.12. The quantitative estimate of drug-likeness (QED) is 0.895. The maximum atomic E-state index is 13.0. The Kier molecular flexibility index (Phi) is 6.18. The Morgan fingerprint density at radius 1 is 1.32 bits per heavy atom. The Morgan fingerprint density at radius 3 is 2.74 bits per heavy atom. The lowest BCUT2D eigenvalue weighted by Gasteiger charge is -2.22. The second kappa shape index (κ2) is 7.40. The zero-order chi connectivity index (χ0) is 13.0. The van der Waals surface area contributed by atoms with Crippen LogP contribution in [0.25, 0.3) is 0 Å². The average molecular weight is 291 g/mol. The molecule has 0 unspecified atom stereocenters. The molecule has 2 rings (SSSR count). The van der Waals surface area contributed by atoms with E-state index in [1.54, 1.807) is 0 Å². The fraction of sp³-hybridized carbons (Fsp3) is 0.462. The van der Waals surface area contributed by atoms with Gasteiger partial charge in [-0.3, -0.25) is 4.79 Å². The number of amides is 1. The van der Waals surface area contributed by atoms with E-state index in [9.17, 15) is 13.6 Å². The van der Waals surface area contributed by atoms with Crippen LogP contribution >= 0.6 is 12.4 Å². The topological polar surface area (TPSA) is 41.1 Å². The van der Waals surface area contributed by atoms with Gasteiger partial charge in [0.2, 0.25) is 5.91 Å². The lowest BCUT2D eigenvalue weighted by molar-refractivity contribution is -0.123. The molecule has 1 saturated heterocycles. The molecule has 1 fully saturated rings. The number of rotatable bonds is 3. The summed E-state index contributed by atoms with van der Waals surface area (Å²) in [5.74, 6) is -1.85. The monoisotopic (exact) mass is 290 g/mol. The van der Waals surface area contributed by atoms with E-state index in [1.807, 2.05) is 0 Å². The second-order valence-corrected chi connectivity index (χ2v) is 4.47. The highest BCUT2D eigenvalue weighted by atomic mass is 35.5. The molecule has 1 heterocycles. The van der Waals surface area contributed by atoms with Crippen molar-refractivity contribution in [3.63, 3.8) is 0 Å². The minimum absolute atomic E-state index is 0. The molecule has 1 aliphatic heterocycles. The van der Waals surface area contributed by atoms with Gasteiger partial charge < -0.3 is 10.6 Å². The summed E-state index contributed by atoms with van der Waals surface area (Å²) in [5.41, 5.74) is 0.554. The van der Waals surface area contributed by atoms with E-state index >= 15 is 0 Å². The molecule has 6 heteroatoms. The fourth-order valence-corrected chi connectivity index (χ4v) is 2.04. The van der Waals surface area contributed by atoms with Gasteiger partial charge in [-0.05, 0) is 37.1 Å². The van der Waals surface area contributed by atoms with E-state index in [0.29, 0.717) is 5.56 Å². The maximum absolute atomic E-state index is 13.0. The van der Waals surface area contributed by atoms with E-state index in [1.165, 1.54) is 6.07 Å². The number of piperidine rings is 1. The van der Waals surface area contributed by atoms with Gasteiger partial charge in [0.25, 0.3) is 0 Å². The van der Waals surface area contributed by atoms with E-state index < -0.39 is 11.6 Å². The van der Waals surface area contributed by atoms with Crippen LogP contribution in [0.4, 0.5) is 8.78 Å². The summed E-state index contributed by atoms with van der Waals surface area (Å²) in [6.07, 6.45) is 2.95. The summed E-state index contributed by atoms with van der Waals surface area (Å²) < 4.78 is 25.7. The van der Waals surface area contributed by atoms with Gasteiger partial charge >= 0.3 is 0 Å². The summed E-state index contributed by atoms with van der Waals surface area (Å²) in [7, 11) is 0. The van der Waals surface area contributed by atoms with Crippen molar-refractivity contribution in [1.29, 1.82) is 0 Å². The van der Waals surface area contributed by atoms with Crippen molar-refractivity contribution in [3.05, 3.63) is 35.4 Å². The molecule has 1 aromatic carbocycles. The molecule has 106 valence electrons. The van der Waals surface area contributed by atoms with Gasteiger partial charge in [-0.1, -0.05) is 12.5 Å². The van der Waals surface area contributed by atoms with Gasteiger partial charge in [-0.25, -0.2) is 8.78 Å². The van der Waals surface area contributed by atoms with Gasteiger partial charge in [-0.15, -0.1) is 12.4 Å². The number of benzene rings is 1. The predicted octanol–water partition coefficient (Wildman–Crippen LogP) is 2.14. The Labute approximate surface area is 117 Å². The van der Waals surface area contributed by atoms with Crippen LogP contribution in [0.5, 0.6) is 0 Å². The molecule has 1 atom stereocenters. The molecule has 1 aromatic rings. The Balaban J connectivity index is 0.00000180. The SMILES string of the molecule is Cl.O=C(NCc1ccc(F)c(F)c1)[C@H]1CCCCN1. The fourth-order valence-electron chi connectivity index (χ4n) is 2.04. The van der Waals surface area contributed by atoms with Crippen LogP contribution in [-0.2, 0) is 11.3 Å². The molecule has 2 N–H and O–H groups in total. The van der Waals surface area contributed by atoms with Crippen LogP contribution in [0, 0.1) is 11.6 Å². The van der Waals surface area contributed by atoms with Crippen molar-refractivity contribution in [1.82, 2.24) is 10.6 Å². The highest BCUT2D eigenvalue weighted by molar-refractivity contribution is 5.85. The minimum atomic E-state index is -0.891. The maximum Gasteiger partial charge on any atom is 0.237 e. The van der Waals surface area contributed by atoms with Crippen molar-refractivity contribution in [3.8, 4) is 0 Å². The van der Waals surface area contributed by atoms with E-state index in [2.05, 4.69) is 10.6 Å². The van der Waals surface area contributed by atoms with Crippen LogP contribution in [0.2, 0.25) is 0 Å². The Bertz CT molecular complexity index is 437. The molecule has 19 heavy (non-hydrogen) atoms. The zero-order valence-electron chi connectivity index (χ0n) is 10.4. The highest BCUT2D eigenvalue weighted by Crippen LogP contribution is 2.10. The Morgan fingerprint density at radius 2 is 2.11 bits per heavy atom. The third-order valence-corrected chi connectivity index (χ3v) is 3.08. The van der Waals surface area contributed by atoms with Gasteiger partial charge in [0.1, 0.15) is 0 Å². The summed E-state index contributed by atoms with van der Waals surface area (Å²) in [5, 5.41) is 5.85. The smallest absolute Gasteiger partial charge is 0.237 e. The van der Waals surface area contributed by atoms with Crippen LogP contribution in [0.1, 0.15) is 24.8 Å². The van der Waals surface area contributed by atoms with Crippen LogP contribution < -0.4 is 10.6 Å². The molecular weight excluding hydrogens is 274 g/mol. The summed E-state index contributed by atoms with van der Waals surface area (Å²) in [4.78, 5) is 11.8. The standard InChI is InChI=1S/C13H16F2N2O.ClH/c14-10-5-4-9(7-11(10)15)8-17-13(18)12-3-1-2-6-16-12;/h4-5,7,12,16H,1-3,6,8H2,(H,17,18);1H/t12-;/m1./s1. The van der Waals surface area contributed by atoms with Crippen molar-refractivity contribution in [2.24, 2.45) is 0 Å². The molecule has 0 spiro atoms. The number of halogens is 3. The van der Waals surface area contributed by atoms with Gasteiger partial charge in [0.15, 0.2) is 11.6 Å². The first-order chi connectivity index (χ1) is 8.66. The molecular formula is C13H17ClF2N2O. The van der Waals surface area contributed by atoms with Gasteiger partial charge in [0, 0.05) is 6.54 Å². The number of hydrogen-bond acceptors (Lipinski definition) is 2. The highest BCUT2D eigenvalue weighted by Gasteiger charge is 2.19. The molecule has 0 bridgehead atoms. The molecule has 1 amide bonds. The van der Waals surface area contributed by atoms with E-state index in [0.717, 1.165) is 37.9 Å². The van der Waals surface area contributed by atoms with Crippen molar-refractivity contribution in [2.75, 3.05) is 6.54 Å². The van der Waals surface area contributed by atoms with Crippen LogP contribution in [0.15, 0.2) is 18.2 Å². The molecule has 1 aliphatic rings. The largest absolute Gasteiger partial charge is 0.351 e. The summed E-state index contributed by atoms with van der Waals surface area (Å²) >= 11 is 0. The third-order valence-electron chi connectivity index (χ3n) is 3.08. The molecule has 3 nitrogen and oxygen atoms in total. The molecule has 0 aromatic heterocycles. The van der Waals surface area contributed by atoms with Crippen molar-refractivity contribution < 1.29 is 13.6 Å². The lowest BCUT2D eigenvalue weighted by atomic mass is 10.0. The second-order valence-electron chi connectivity index (χ2n) is 4.47. The average Bonchev–Trinajstić information content (AvgIpc) is 2.41. The van der Waals surface area contributed by atoms with E-state index in [-0.39, 0.29) is 30.9 Å². The van der Waals surface area contributed by atoms with Crippen molar-refractivity contribution in [2.45, 2.75) is 31.8 Å². The first-order valence-corrected chi connectivity index (χ1v) is 6.12. The van der Waals surface area contributed by atoms with Gasteiger partial charge in [0.05, 0.1) is 6.04 Å². The number of carbonyl (C=O) groups excluding carboxylic acids is 1. The normalized spacial score (nSPS) is 18.5. The number of carbonyl (C=O) groups is 1. The summed E-state index contributed by atoms with van der Waals surface area (Å²) in [6.45, 7) is 1.07. The third kappa shape index (κ3) is 4.44. The van der Waals surface area contributed by atoms with Crippen LogP contribution in [0.3, 0.4) is 0 Å². The number of hydrogen-bond donors (Lipinski definition) is 2. The van der Waals surface area contributed by atoms with Crippen molar-refractivity contribution >= 4 is 18.3 Å². The number of nitrogens with one attached hydrogen (secondary N) is 2. The summed E-state index contributed by atoms with van der Waals surface area (Å²) in [6, 6.07) is 3.47. The molecule has 0 radical (unpaired) electrons. The lowest BCUT2D eigenvalue weighted by Crippen LogP contribution is -2.46. The molecule has 0 aliphatic carbocycles. The molecule has 0 saturated carbocycles.